The molecule has 2 unspecified atom stereocenters. The van der Waals surface area contributed by atoms with Gasteiger partial charge in [-0.15, -0.1) is 0 Å². The number of carbonyl (C=O) groups excluding carboxylic acids is 2. The molecule has 1 heterocycles. The maximum absolute atomic E-state index is 11.8. The first kappa shape index (κ1) is 18.7. The van der Waals surface area contributed by atoms with Crippen LogP contribution in [0, 0.1) is 11.8 Å². The summed E-state index contributed by atoms with van der Waals surface area (Å²) in [5.41, 5.74) is 0. The highest BCUT2D eigenvalue weighted by Crippen LogP contribution is 2.28. The van der Waals surface area contributed by atoms with Crippen molar-refractivity contribution in [3.05, 3.63) is 0 Å². The van der Waals surface area contributed by atoms with Gasteiger partial charge in [-0.1, -0.05) is 13.8 Å². The first-order valence-corrected chi connectivity index (χ1v) is 9.37. The van der Waals surface area contributed by atoms with Crippen molar-refractivity contribution in [3.63, 3.8) is 0 Å². The zero-order valence-electron chi connectivity index (χ0n) is 15.3. The van der Waals surface area contributed by atoms with Crippen LogP contribution in [-0.2, 0) is 9.59 Å². The fraction of sp³-hybridized carbons (Fsp3) is 0.833. The smallest absolute Gasteiger partial charge is 0.229 e. The van der Waals surface area contributed by atoms with E-state index in [4.69, 9.17) is 0 Å². The van der Waals surface area contributed by atoms with Crippen LogP contribution in [0.4, 0.5) is 0 Å². The van der Waals surface area contributed by atoms with E-state index in [2.05, 4.69) is 29.5 Å². The van der Waals surface area contributed by atoms with E-state index in [0.29, 0.717) is 38.4 Å². The maximum atomic E-state index is 11.8. The van der Waals surface area contributed by atoms with Gasteiger partial charge >= 0.3 is 0 Å². The number of nitrogens with one attached hydrogen (secondary N) is 2. The predicted octanol–water partition coefficient (Wildman–Crippen LogP) is 1.91. The van der Waals surface area contributed by atoms with Crippen LogP contribution >= 0.6 is 0 Å². The molecule has 2 aliphatic rings. The van der Waals surface area contributed by atoms with Crippen LogP contribution in [0.15, 0.2) is 4.99 Å². The van der Waals surface area contributed by atoms with E-state index in [-0.39, 0.29) is 11.8 Å². The van der Waals surface area contributed by atoms with Crippen molar-refractivity contribution in [1.82, 2.24) is 15.5 Å². The molecule has 1 saturated heterocycles. The number of piperidine rings is 1. The van der Waals surface area contributed by atoms with Crippen molar-refractivity contribution < 1.29 is 9.59 Å². The van der Waals surface area contributed by atoms with E-state index in [1.165, 1.54) is 11.3 Å². The zero-order chi connectivity index (χ0) is 17.5. The zero-order valence-corrected chi connectivity index (χ0v) is 15.3. The van der Waals surface area contributed by atoms with Crippen molar-refractivity contribution in [2.45, 2.75) is 65.3 Å². The van der Waals surface area contributed by atoms with Gasteiger partial charge in [0.2, 0.25) is 11.8 Å². The minimum absolute atomic E-state index is 0.0608. The van der Waals surface area contributed by atoms with E-state index >= 15 is 0 Å². The Bertz CT molecular complexity index is 452. The molecule has 0 radical (unpaired) electrons. The Labute approximate surface area is 145 Å². The Morgan fingerprint density at radius 1 is 1.12 bits per heavy atom. The summed E-state index contributed by atoms with van der Waals surface area (Å²) in [5, 5.41) is 6.80. The summed E-state index contributed by atoms with van der Waals surface area (Å²) in [7, 11) is 0. The lowest BCUT2D eigenvalue weighted by Gasteiger charge is -2.33. The molecule has 2 fully saturated rings. The number of likely N-dealkylation sites (tertiary alicyclic amines) is 1. The van der Waals surface area contributed by atoms with Gasteiger partial charge in [-0.05, 0) is 44.4 Å². The van der Waals surface area contributed by atoms with Gasteiger partial charge in [0.15, 0.2) is 5.96 Å². The van der Waals surface area contributed by atoms with Gasteiger partial charge in [0.1, 0.15) is 0 Å². The average Bonchev–Trinajstić information content (AvgIpc) is 2.49. The van der Waals surface area contributed by atoms with Gasteiger partial charge in [-0.3, -0.25) is 19.5 Å². The van der Waals surface area contributed by atoms with Gasteiger partial charge in [0, 0.05) is 32.0 Å². The first-order valence-electron chi connectivity index (χ1n) is 9.37. The number of rotatable bonds is 5. The Kier molecular flexibility index (Phi) is 7.06. The Morgan fingerprint density at radius 3 is 2.33 bits per heavy atom. The maximum Gasteiger partial charge on any atom is 0.229 e. The largest absolute Gasteiger partial charge is 0.357 e. The van der Waals surface area contributed by atoms with E-state index in [9.17, 15) is 9.59 Å². The van der Waals surface area contributed by atoms with E-state index in [0.717, 1.165) is 37.2 Å². The molecule has 24 heavy (non-hydrogen) atoms. The molecule has 6 heteroatoms. The average molecular weight is 336 g/mol. The molecule has 2 N–H and O–H groups in total. The molecule has 2 atom stereocenters. The standard InChI is InChI=1S/C18H32N4O2/c1-4-19-18(21-15-11-13(2)10-14(3)12-15)20-8-9-22-16(23)6-5-7-17(22)24/h13-15H,4-12H2,1-3H3,(H2,19,20,21). The molecular formula is C18H32N4O2. The topological polar surface area (TPSA) is 73.8 Å². The van der Waals surface area contributed by atoms with Crippen LogP contribution in [0.25, 0.3) is 0 Å². The molecule has 136 valence electrons. The van der Waals surface area contributed by atoms with Gasteiger partial charge in [-0.2, -0.15) is 0 Å². The number of carbonyl (C=O) groups is 2. The van der Waals surface area contributed by atoms with Gasteiger partial charge in [-0.25, -0.2) is 0 Å². The normalized spacial score (nSPS) is 28.9. The summed E-state index contributed by atoms with van der Waals surface area (Å²) in [4.78, 5) is 29.6. The minimum atomic E-state index is -0.0608. The third-order valence-electron chi connectivity index (χ3n) is 4.84. The molecule has 1 aliphatic heterocycles. The molecule has 0 aromatic heterocycles. The minimum Gasteiger partial charge on any atom is -0.357 e. The summed E-state index contributed by atoms with van der Waals surface area (Å²) in [5.74, 6) is 2.14. The van der Waals surface area contributed by atoms with Crippen LogP contribution in [-0.4, -0.2) is 48.3 Å². The van der Waals surface area contributed by atoms with Crippen LogP contribution in [0.2, 0.25) is 0 Å². The summed E-state index contributed by atoms with van der Waals surface area (Å²) >= 11 is 0. The third-order valence-corrected chi connectivity index (χ3v) is 4.84. The van der Waals surface area contributed by atoms with Gasteiger partial charge in [0.05, 0.1) is 6.54 Å². The number of hydrogen-bond acceptors (Lipinski definition) is 3. The fourth-order valence-corrected chi connectivity index (χ4v) is 3.89. The highest BCUT2D eigenvalue weighted by molar-refractivity contribution is 5.97. The molecule has 0 aromatic carbocycles. The number of amides is 2. The van der Waals surface area contributed by atoms with Crippen LogP contribution in [0.3, 0.4) is 0 Å². The number of imide groups is 1. The predicted molar refractivity (Wildman–Crippen MR) is 95.7 cm³/mol. The van der Waals surface area contributed by atoms with E-state index in [1.807, 2.05) is 6.92 Å². The highest BCUT2D eigenvalue weighted by Gasteiger charge is 2.26. The summed E-state index contributed by atoms with van der Waals surface area (Å²) < 4.78 is 0. The summed E-state index contributed by atoms with van der Waals surface area (Å²) in [6.45, 7) is 8.28. The quantitative estimate of drug-likeness (QED) is 0.457. The third kappa shape index (κ3) is 5.49. The summed E-state index contributed by atoms with van der Waals surface area (Å²) in [6, 6.07) is 0.444. The number of nitrogens with zero attached hydrogens (tertiary/aromatic N) is 2. The second-order valence-electron chi connectivity index (χ2n) is 7.31. The van der Waals surface area contributed by atoms with Crippen LogP contribution < -0.4 is 10.6 Å². The molecule has 1 saturated carbocycles. The van der Waals surface area contributed by atoms with Gasteiger partial charge in [0.25, 0.3) is 0 Å². The highest BCUT2D eigenvalue weighted by atomic mass is 16.2. The van der Waals surface area contributed by atoms with Crippen molar-refractivity contribution in [2.75, 3.05) is 19.6 Å². The summed E-state index contributed by atoms with van der Waals surface area (Å²) in [6.07, 6.45) is 5.26. The van der Waals surface area contributed by atoms with Crippen molar-refractivity contribution >= 4 is 17.8 Å². The van der Waals surface area contributed by atoms with Crippen LogP contribution in [0.1, 0.15) is 59.3 Å². The molecule has 1 aliphatic carbocycles. The first-order chi connectivity index (χ1) is 11.5. The SMILES string of the molecule is CCNC(=NCCN1C(=O)CCCC1=O)NC1CC(C)CC(C)C1. The monoisotopic (exact) mass is 336 g/mol. The number of hydrogen-bond donors (Lipinski definition) is 2. The molecular weight excluding hydrogens is 304 g/mol. The molecule has 2 rings (SSSR count). The second kappa shape index (κ2) is 9.04. The number of guanidine groups is 1. The lowest BCUT2D eigenvalue weighted by molar-refractivity contribution is -0.147. The number of aliphatic imine (C=N–C) groups is 1. The fourth-order valence-electron chi connectivity index (χ4n) is 3.89. The molecule has 2 amide bonds. The van der Waals surface area contributed by atoms with E-state index in [1.54, 1.807) is 0 Å². The second-order valence-corrected chi connectivity index (χ2v) is 7.31. The lowest BCUT2D eigenvalue weighted by Crippen LogP contribution is -2.47. The molecule has 0 bridgehead atoms. The molecule has 0 aromatic rings. The van der Waals surface area contributed by atoms with E-state index < -0.39 is 0 Å². The molecule has 6 nitrogen and oxygen atoms in total. The molecule has 0 spiro atoms. The van der Waals surface area contributed by atoms with Crippen molar-refractivity contribution in [2.24, 2.45) is 16.8 Å². The lowest BCUT2D eigenvalue weighted by atomic mass is 9.80. The van der Waals surface area contributed by atoms with Crippen molar-refractivity contribution in [1.29, 1.82) is 0 Å². The van der Waals surface area contributed by atoms with Crippen molar-refractivity contribution in [3.8, 4) is 0 Å². The van der Waals surface area contributed by atoms with Crippen LogP contribution in [0.5, 0.6) is 0 Å². The Balaban J connectivity index is 1.88. The Hall–Kier alpha value is -1.59. The Morgan fingerprint density at radius 2 is 1.75 bits per heavy atom. The van der Waals surface area contributed by atoms with Gasteiger partial charge < -0.3 is 10.6 Å².